The quantitative estimate of drug-likeness (QED) is 0.743. The number of H-pyrrole nitrogens is 1. The van der Waals surface area contributed by atoms with Gasteiger partial charge in [-0.3, -0.25) is 5.10 Å². The fourth-order valence-electron chi connectivity index (χ4n) is 1.85. The van der Waals surface area contributed by atoms with E-state index < -0.39 is 0 Å². The maximum Gasteiger partial charge on any atom is 0.0931 e. The molecule has 3 aromatic rings. The van der Waals surface area contributed by atoms with Crippen molar-refractivity contribution in [2.24, 2.45) is 0 Å². The van der Waals surface area contributed by atoms with E-state index in [4.69, 9.17) is 11.6 Å². The van der Waals surface area contributed by atoms with Crippen LogP contribution in [0.5, 0.6) is 0 Å². The lowest BCUT2D eigenvalue weighted by Gasteiger charge is -2.03. The van der Waals surface area contributed by atoms with Gasteiger partial charge < -0.3 is 5.32 Å². The molecule has 98 valence electrons. The van der Waals surface area contributed by atoms with Gasteiger partial charge in [-0.1, -0.05) is 17.7 Å². The van der Waals surface area contributed by atoms with Crippen molar-refractivity contribution in [1.29, 1.82) is 0 Å². The first-order valence-electron chi connectivity index (χ1n) is 5.84. The largest absolute Gasteiger partial charge is 0.308 e. The molecule has 3 rings (SSSR count). The molecular weight excluding hydrogens is 298 g/mol. The molecule has 0 fully saturated rings. The lowest BCUT2D eigenvalue weighted by molar-refractivity contribution is 0.702. The summed E-state index contributed by atoms with van der Waals surface area (Å²) in [6.07, 6.45) is 1.88. The van der Waals surface area contributed by atoms with Gasteiger partial charge >= 0.3 is 0 Å². The molecule has 0 saturated carbocycles. The average Bonchev–Trinajstić information content (AvgIpc) is 3.09. The van der Waals surface area contributed by atoms with Gasteiger partial charge in [0.25, 0.3) is 0 Å². The van der Waals surface area contributed by atoms with E-state index in [1.807, 2.05) is 18.3 Å². The third-order valence-corrected chi connectivity index (χ3v) is 4.85. The van der Waals surface area contributed by atoms with Crippen molar-refractivity contribution in [3.63, 3.8) is 0 Å². The molecule has 0 spiro atoms. The number of rotatable bonds is 5. The maximum absolute atomic E-state index is 5.91. The Morgan fingerprint density at radius 2 is 2.21 bits per heavy atom. The Bertz CT molecular complexity index is 642. The number of nitrogens with zero attached hydrogens (tertiary/aromatic N) is 1. The molecule has 19 heavy (non-hydrogen) atoms. The van der Waals surface area contributed by atoms with E-state index >= 15 is 0 Å². The maximum atomic E-state index is 5.91. The number of nitrogens with one attached hydrogen (secondary N) is 2. The number of halogens is 1. The first-order valence-corrected chi connectivity index (χ1v) is 7.91. The predicted molar refractivity (Wildman–Crippen MR) is 81.8 cm³/mol. The van der Waals surface area contributed by atoms with E-state index in [9.17, 15) is 0 Å². The molecule has 0 amide bonds. The van der Waals surface area contributed by atoms with Crippen molar-refractivity contribution >= 4 is 34.3 Å². The van der Waals surface area contributed by atoms with Crippen LogP contribution < -0.4 is 5.32 Å². The molecule has 0 saturated heterocycles. The molecule has 0 aliphatic carbocycles. The van der Waals surface area contributed by atoms with E-state index in [2.05, 4.69) is 33.0 Å². The van der Waals surface area contributed by atoms with Crippen LogP contribution in [0.2, 0.25) is 4.34 Å². The summed E-state index contributed by atoms with van der Waals surface area (Å²) in [5.41, 5.74) is 2.29. The van der Waals surface area contributed by atoms with E-state index in [-0.39, 0.29) is 0 Å². The van der Waals surface area contributed by atoms with Gasteiger partial charge in [0, 0.05) is 23.5 Å². The van der Waals surface area contributed by atoms with Gasteiger partial charge in [0.15, 0.2) is 0 Å². The molecule has 0 unspecified atom stereocenters. The first kappa shape index (κ1) is 12.9. The van der Waals surface area contributed by atoms with E-state index in [0.717, 1.165) is 23.1 Å². The zero-order valence-corrected chi connectivity index (χ0v) is 12.4. The number of aromatic amines is 1. The molecule has 0 aromatic carbocycles. The summed E-state index contributed by atoms with van der Waals surface area (Å²) in [7, 11) is 0. The zero-order valence-electron chi connectivity index (χ0n) is 10.0. The standard InChI is InChI=1S/C13H12ClN3S2/c14-12-4-3-10(19-12)8-15-6-9-7-16-17-13(9)11-2-1-5-18-11/h1-5,7,15H,6,8H2,(H,16,17). The summed E-state index contributed by atoms with van der Waals surface area (Å²) in [4.78, 5) is 2.46. The Morgan fingerprint density at radius 3 is 2.95 bits per heavy atom. The molecular formula is C13H12ClN3S2. The monoisotopic (exact) mass is 309 g/mol. The predicted octanol–water partition coefficient (Wildman–Crippen LogP) is 4.14. The zero-order chi connectivity index (χ0) is 13.1. The summed E-state index contributed by atoms with van der Waals surface area (Å²) < 4.78 is 0.833. The lowest BCUT2D eigenvalue weighted by atomic mass is 10.2. The van der Waals surface area contributed by atoms with Gasteiger partial charge in [-0.25, -0.2) is 0 Å². The van der Waals surface area contributed by atoms with Crippen molar-refractivity contribution in [2.75, 3.05) is 0 Å². The molecule has 2 N–H and O–H groups in total. The normalized spacial score (nSPS) is 11.0. The molecule has 0 radical (unpaired) electrons. The third-order valence-electron chi connectivity index (χ3n) is 2.73. The van der Waals surface area contributed by atoms with Crippen molar-refractivity contribution in [1.82, 2.24) is 15.5 Å². The minimum atomic E-state index is 0.791. The van der Waals surface area contributed by atoms with Gasteiger partial charge in [-0.2, -0.15) is 5.10 Å². The highest BCUT2D eigenvalue weighted by Crippen LogP contribution is 2.26. The number of hydrogen-bond donors (Lipinski definition) is 2. The Labute approximate surface area is 124 Å². The van der Waals surface area contributed by atoms with Crippen LogP contribution in [-0.4, -0.2) is 10.2 Å². The topological polar surface area (TPSA) is 40.7 Å². The van der Waals surface area contributed by atoms with Gasteiger partial charge in [0.2, 0.25) is 0 Å². The second-order valence-corrected chi connectivity index (χ2v) is 6.80. The van der Waals surface area contributed by atoms with Gasteiger partial charge in [0.05, 0.1) is 21.1 Å². The van der Waals surface area contributed by atoms with Crippen LogP contribution in [0.25, 0.3) is 10.6 Å². The van der Waals surface area contributed by atoms with E-state index in [1.165, 1.54) is 15.3 Å². The van der Waals surface area contributed by atoms with Crippen LogP contribution in [0.4, 0.5) is 0 Å². The number of thiophene rings is 2. The summed E-state index contributed by atoms with van der Waals surface area (Å²) in [6, 6.07) is 8.13. The molecule has 0 aliphatic rings. The van der Waals surface area contributed by atoms with Crippen molar-refractivity contribution in [3.8, 4) is 10.6 Å². The molecule has 0 aliphatic heterocycles. The highest BCUT2D eigenvalue weighted by Gasteiger charge is 2.08. The van der Waals surface area contributed by atoms with Crippen LogP contribution >= 0.6 is 34.3 Å². The Hall–Kier alpha value is -1.14. The molecule has 3 nitrogen and oxygen atoms in total. The summed E-state index contributed by atoms with van der Waals surface area (Å²) in [5, 5.41) is 12.7. The Morgan fingerprint density at radius 1 is 1.26 bits per heavy atom. The number of aromatic nitrogens is 2. The summed E-state index contributed by atoms with van der Waals surface area (Å²) in [6.45, 7) is 1.62. The molecule has 0 atom stereocenters. The second-order valence-electron chi connectivity index (χ2n) is 4.06. The molecule has 0 bridgehead atoms. The highest BCUT2D eigenvalue weighted by atomic mass is 35.5. The SMILES string of the molecule is Clc1ccc(CNCc2cn[nH]c2-c2cccs2)s1. The van der Waals surface area contributed by atoms with Crippen LogP contribution in [0, 0.1) is 0 Å². The summed E-state index contributed by atoms with van der Waals surface area (Å²) in [5.74, 6) is 0. The molecule has 3 aromatic heterocycles. The fraction of sp³-hybridized carbons (Fsp3) is 0.154. The van der Waals surface area contributed by atoms with Crippen LogP contribution in [-0.2, 0) is 13.1 Å². The smallest absolute Gasteiger partial charge is 0.0931 e. The highest BCUT2D eigenvalue weighted by molar-refractivity contribution is 7.16. The Kier molecular flexibility index (Phi) is 3.98. The average molecular weight is 310 g/mol. The minimum Gasteiger partial charge on any atom is -0.308 e. The fourth-order valence-corrected chi connectivity index (χ4v) is 3.66. The van der Waals surface area contributed by atoms with Crippen LogP contribution in [0.3, 0.4) is 0 Å². The van der Waals surface area contributed by atoms with Crippen LogP contribution in [0.15, 0.2) is 35.8 Å². The first-order chi connectivity index (χ1) is 9.33. The minimum absolute atomic E-state index is 0.791. The van der Waals surface area contributed by atoms with E-state index in [0.29, 0.717) is 0 Å². The van der Waals surface area contributed by atoms with Crippen LogP contribution in [0.1, 0.15) is 10.4 Å². The summed E-state index contributed by atoms with van der Waals surface area (Å²) >= 11 is 9.23. The van der Waals surface area contributed by atoms with E-state index in [1.54, 1.807) is 22.7 Å². The Balaban J connectivity index is 1.63. The van der Waals surface area contributed by atoms with Gasteiger partial charge in [0.1, 0.15) is 0 Å². The van der Waals surface area contributed by atoms with Gasteiger partial charge in [-0.15, -0.1) is 22.7 Å². The van der Waals surface area contributed by atoms with Crippen molar-refractivity contribution in [2.45, 2.75) is 13.1 Å². The van der Waals surface area contributed by atoms with Crippen molar-refractivity contribution < 1.29 is 0 Å². The molecule has 6 heteroatoms. The third kappa shape index (κ3) is 3.06. The van der Waals surface area contributed by atoms with Gasteiger partial charge in [-0.05, 0) is 23.6 Å². The molecule has 3 heterocycles. The second kappa shape index (κ2) is 5.88. The lowest BCUT2D eigenvalue weighted by Crippen LogP contribution is -2.11. The van der Waals surface area contributed by atoms with Crippen molar-refractivity contribution in [3.05, 3.63) is 50.6 Å². The number of hydrogen-bond acceptors (Lipinski definition) is 4.